The van der Waals surface area contributed by atoms with Crippen LogP contribution in [-0.4, -0.2) is 27.7 Å². The van der Waals surface area contributed by atoms with Gasteiger partial charge in [-0.3, -0.25) is 0 Å². The highest BCUT2D eigenvalue weighted by Crippen LogP contribution is 2.60. The first-order chi connectivity index (χ1) is 12.0. The van der Waals surface area contributed by atoms with Crippen LogP contribution in [0.2, 0.25) is 0 Å². The Bertz CT molecular complexity index is 640. The van der Waals surface area contributed by atoms with Gasteiger partial charge in [-0.25, -0.2) is 5.26 Å². The summed E-state index contributed by atoms with van der Waals surface area (Å²) < 4.78 is 9.55. The van der Waals surface area contributed by atoms with Crippen molar-refractivity contribution < 1.29 is 29.0 Å². The van der Waals surface area contributed by atoms with Gasteiger partial charge in [-0.2, -0.15) is 0 Å². The first-order valence-corrected chi connectivity index (χ1v) is 9.51. The van der Waals surface area contributed by atoms with Gasteiger partial charge in [0, 0.05) is 0 Å². The van der Waals surface area contributed by atoms with Gasteiger partial charge in [0.05, 0.1) is 12.2 Å². The van der Waals surface area contributed by atoms with Crippen molar-refractivity contribution >= 4 is 12.3 Å². The number of rotatable bonds is 4. The summed E-state index contributed by atoms with van der Waals surface area (Å²) in [6, 6.07) is 6.04. The molecule has 6 nitrogen and oxygen atoms in total. The van der Waals surface area contributed by atoms with Gasteiger partial charge < -0.3 is 14.4 Å². The summed E-state index contributed by atoms with van der Waals surface area (Å²) in [6.45, 7) is 2.15. The third-order valence-electron chi connectivity index (χ3n) is 6.86. The van der Waals surface area contributed by atoms with E-state index in [1.54, 1.807) is 0 Å². The van der Waals surface area contributed by atoms with Crippen LogP contribution in [0, 0.1) is 17.3 Å². The second kappa shape index (κ2) is 6.72. The maximum absolute atomic E-state index is 10.5. The van der Waals surface area contributed by atoms with Crippen LogP contribution in [0.3, 0.4) is 0 Å². The van der Waals surface area contributed by atoms with E-state index >= 15 is 0 Å². The van der Waals surface area contributed by atoms with Gasteiger partial charge in [-0.15, -0.1) is 0 Å². The molecule has 25 heavy (non-hydrogen) atoms. The third-order valence-corrected chi connectivity index (χ3v) is 7.24. The molecule has 138 valence electrons. The maximum Gasteiger partial charge on any atom is 0.261 e. The summed E-state index contributed by atoms with van der Waals surface area (Å²) in [5.41, 5.74) is 2.50. The SMILES string of the molecule is CC12CCC3c4ccc(OSOOO)cc4CCC3C1C[C@H](O)[C@H]2O. The van der Waals surface area contributed by atoms with Crippen LogP contribution in [-0.2, 0) is 15.8 Å². The molecule has 0 spiro atoms. The quantitative estimate of drug-likeness (QED) is 0.325. The molecule has 6 atom stereocenters. The molecule has 0 amide bonds. The minimum Gasteiger partial charge on any atom is -0.399 e. The predicted molar refractivity (Wildman–Crippen MR) is 91.5 cm³/mol. The van der Waals surface area contributed by atoms with Gasteiger partial charge in [0.25, 0.3) is 12.3 Å². The molecule has 0 heterocycles. The van der Waals surface area contributed by atoms with Crippen molar-refractivity contribution in [2.75, 3.05) is 0 Å². The fraction of sp³-hybridized carbons (Fsp3) is 0.667. The number of fused-ring (bicyclic) bond motifs is 5. The molecule has 0 saturated heterocycles. The molecule has 1 aromatic carbocycles. The molecule has 0 bridgehead atoms. The van der Waals surface area contributed by atoms with E-state index in [2.05, 4.69) is 22.4 Å². The van der Waals surface area contributed by atoms with Crippen molar-refractivity contribution in [2.24, 2.45) is 17.3 Å². The molecule has 0 aromatic heterocycles. The lowest BCUT2D eigenvalue weighted by Crippen LogP contribution is -2.44. The smallest absolute Gasteiger partial charge is 0.261 e. The van der Waals surface area contributed by atoms with E-state index in [0.29, 0.717) is 42.2 Å². The number of aliphatic hydroxyl groups excluding tert-OH is 2. The van der Waals surface area contributed by atoms with Crippen LogP contribution in [0.5, 0.6) is 5.75 Å². The lowest BCUT2D eigenvalue weighted by atomic mass is 9.55. The minimum atomic E-state index is -0.596. The monoisotopic (exact) mass is 368 g/mol. The van der Waals surface area contributed by atoms with E-state index < -0.39 is 12.2 Å². The highest BCUT2D eigenvalue weighted by atomic mass is 32.2. The molecule has 0 radical (unpaired) electrons. The predicted octanol–water partition coefficient (Wildman–Crippen LogP) is 3.24. The van der Waals surface area contributed by atoms with Crippen molar-refractivity contribution in [2.45, 2.75) is 57.2 Å². The summed E-state index contributed by atoms with van der Waals surface area (Å²) in [7, 11) is 0. The zero-order valence-electron chi connectivity index (χ0n) is 14.1. The first-order valence-electron chi connectivity index (χ1n) is 8.85. The number of hydrogen-bond acceptors (Lipinski definition) is 7. The van der Waals surface area contributed by atoms with Crippen LogP contribution in [0.15, 0.2) is 18.2 Å². The van der Waals surface area contributed by atoms with Crippen molar-refractivity contribution in [3.05, 3.63) is 29.3 Å². The number of aliphatic hydroxyl groups is 2. The van der Waals surface area contributed by atoms with E-state index in [1.165, 1.54) is 11.1 Å². The molecule has 3 aliphatic rings. The Morgan fingerprint density at radius 3 is 2.88 bits per heavy atom. The Balaban J connectivity index is 1.55. The number of aryl methyl sites for hydroxylation is 1. The number of hydrogen-bond donors (Lipinski definition) is 3. The Morgan fingerprint density at radius 1 is 1.24 bits per heavy atom. The van der Waals surface area contributed by atoms with Crippen LogP contribution in [0.1, 0.15) is 49.7 Å². The molecule has 7 heteroatoms. The minimum absolute atomic E-state index is 0.153. The molecular weight excluding hydrogens is 344 g/mol. The van der Waals surface area contributed by atoms with Crippen LogP contribution in [0.25, 0.3) is 0 Å². The second-order valence-electron chi connectivity index (χ2n) is 7.86. The third kappa shape index (κ3) is 2.87. The van der Waals surface area contributed by atoms with Crippen molar-refractivity contribution in [1.29, 1.82) is 0 Å². The van der Waals surface area contributed by atoms with Crippen molar-refractivity contribution in [1.82, 2.24) is 0 Å². The highest BCUT2D eigenvalue weighted by molar-refractivity contribution is 7.90. The highest BCUT2D eigenvalue weighted by Gasteiger charge is 2.57. The van der Waals surface area contributed by atoms with E-state index in [9.17, 15) is 10.2 Å². The molecule has 3 aliphatic carbocycles. The largest absolute Gasteiger partial charge is 0.399 e. The van der Waals surface area contributed by atoms with E-state index in [4.69, 9.17) is 9.44 Å². The Morgan fingerprint density at radius 2 is 2.08 bits per heavy atom. The normalized spacial score (nSPS) is 39.4. The topological polar surface area (TPSA) is 88.4 Å². The fourth-order valence-electron chi connectivity index (χ4n) is 5.66. The lowest BCUT2D eigenvalue weighted by Gasteiger charge is -2.49. The molecule has 4 unspecified atom stereocenters. The van der Waals surface area contributed by atoms with Gasteiger partial charge in [0.1, 0.15) is 5.75 Å². The molecule has 2 fully saturated rings. The Labute approximate surface area is 151 Å². The average molecular weight is 368 g/mol. The van der Waals surface area contributed by atoms with Crippen LogP contribution < -0.4 is 4.18 Å². The molecule has 2 saturated carbocycles. The molecule has 4 rings (SSSR count). The van der Waals surface area contributed by atoms with E-state index in [1.807, 2.05) is 12.1 Å². The van der Waals surface area contributed by atoms with Gasteiger partial charge in [0.2, 0.25) is 0 Å². The Kier molecular flexibility index (Phi) is 4.72. The van der Waals surface area contributed by atoms with Crippen LogP contribution >= 0.6 is 12.3 Å². The fourth-order valence-corrected chi connectivity index (χ4v) is 5.90. The summed E-state index contributed by atoms with van der Waals surface area (Å²) in [5.74, 6) is 2.04. The molecular formula is C18H24O6S. The summed E-state index contributed by atoms with van der Waals surface area (Å²) >= 11 is 0.564. The zero-order chi connectivity index (χ0) is 17.6. The van der Waals surface area contributed by atoms with Crippen LogP contribution in [0.4, 0.5) is 0 Å². The standard InChI is InChI=1S/C18H24O6S/c1-18-7-6-13-12-5-3-11(22-25-24-23-21)8-10(12)2-4-14(13)15(18)9-16(19)17(18)20/h3,5,8,13-17,19-21H,2,4,6-7,9H2,1H3/t13?,14?,15?,16-,17+,18?/m0/s1. The van der Waals surface area contributed by atoms with Gasteiger partial charge in [0.15, 0.2) is 0 Å². The van der Waals surface area contributed by atoms with Gasteiger partial charge in [-0.1, -0.05) is 22.4 Å². The first kappa shape index (κ1) is 17.6. The summed E-state index contributed by atoms with van der Waals surface area (Å²) in [5, 5.41) is 32.3. The molecule has 0 aliphatic heterocycles. The second-order valence-corrected chi connectivity index (χ2v) is 8.30. The zero-order valence-corrected chi connectivity index (χ0v) is 14.9. The van der Waals surface area contributed by atoms with Crippen molar-refractivity contribution in [3.8, 4) is 5.75 Å². The average Bonchev–Trinajstić information content (AvgIpc) is 2.85. The van der Waals surface area contributed by atoms with Crippen molar-refractivity contribution in [3.63, 3.8) is 0 Å². The molecule has 3 N–H and O–H groups in total. The molecule has 1 aromatic rings. The van der Waals surface area contributed by atoms with E-state index in [-0.39, 0.29) is 5.41 Å². The van der Waals surface area contributed by atoms with Gasteiger partial charge in [-0.05, 0) is 78.5 Å². The number of benzene rings is 1. The summed E-state index contributed by atoms with van der Waals surface area (Å²) in [4.78, 5) is 0. The van der Waals surface area contributed by atoms with E-state index in [0.717, 1.165) is 25.7 Å². The van der Waals surface area contributed by atoms with Gasteiger partial charge >= 0.3 is 0 Å². The Hall–Kier alpha value is -0.830. The summed E-state index contributed by atoms with van der Waals surface area (Å²) in [6.07, 6.45) is 3.57. The lowest BCUT2D eigenvalue weighted by molar-refractivity contribution is -0.433. The maximum atomic E-state index is 10.5.